The molecule has 0 spiro atoms. The largest absolute Gasteiger partial charge is 0.497 e. The van der Waals surface area contributed by atoms with Crippen molar-refractivity contribution in [3.8, 4) is 5.75 Å². The van der Waals surface area contributed by atoms with E-state index in [9.17, 15) is 14.4 Å². The van der Waals surface area contributed by atoms with E-state index in [0.29, 0.717) is 11.3 Å². The lowest BCUT2D eigenvalue weighted by Crippen LogP contribution is -2.41. The number of aromatic nitrogens is 1. The van der Waals surface area contributed by atoms with E-state index in [1.54, 1.807) is 61.7 Å². The van der Waals surface area contributed by atoms with Gasteiger partial charge in [0.2, 0.25) is 0 Å². The van der Waals surface area contributed by atoms with Crippen LogP contribution in [-0.4, -0.2) is 23.4 Å². The fourth-order valence-electron chi connectivity index (χ4n) is 2.81. The van der Waals surface area contributed by atoms with Gasteiger partial charge in [-0.25, -0.2) is 0 Å². The number of hydrogen-bond acceptors (Lipinski definition) is 4. The molecule has 28 heavy (non-hydrogen) atoms. The number of ether oxygens (including phenoxy) is 1. The SMILES string of the molecule is COc1ccc(CNC(=O)C(C(=O)c2ccccc2)n2ccccc2=O)cc1. The third-order valence-corrected chi connectivity index (χ3v) is 4.31. The second-order valence-corrected chi connectivity index (χ2v) is 6.14. The Morgan fingerprint density at radius 1 is 0.964 bits per heavy atom. The molecule has 1 N–H and O–H groups in total. The lowest BCUT2D eigenvalue weighted by Gasteiger charge is -2.18. The van der Waals surface area contributed by atoms with Gasteiger partial charge in [0.15, 0.2) is 11.8 Å². The Balaban J connectivity index is 1.85. The molecule has 6 heteroatoms. The minimum absolute atomic E-state index is 0.225. The van der Waals surface area contributed by atoms with E-state index in [-0.39, 0.29) is 6.54 Å². The second-order valence-electron chi connectivity index (χ2n) is 6.14. The van der Waals surface area contributed by atoms with Gasteiger partial charge < -0.3 is 10.1 Å². The maximum atomic E-state index is 13.0. The molecule has 0 saturated carbocycles. The molecule has 6 nitrogen and oxygen atoms in total. The fraction of sp³-hybridized carbons (Fsp3) is 0.136. The Kier molecular flexibility index (Phi) is 6.01. The van der Waals surface area contributed by atoms with Gasteiger partial charge in [0.1, 0.15) is 5.75 Å². The molecule has 0 saturated heterocycles. The summed E-state index contributed by atoms with van der Waals surface area (Å²) in [4.78, 5) is 38.1. The molecule has 0 aliphatic carbocycles. The van der Waals surface area contributed by atoms with Gasteiger partial charge in [0.25, 0.3) is 11.5 Å². The maximum absolute atomic E-state index is 13.0. The number of benzene rings is 2. The quantitative estimate of drug-likeness (QED) is 0.508. The topological polar surface area (TPSA) is 77.4 Å². The predicted molar refractivity (Wildman–Crippen MR) is 105 cm³/mol. The number of nitrogens with zero attached hydrogens (tertiary/aromatic N) is 1. The van der Waals surface area contributed by atoms with Crippen LogP contribution in [0.2, 0.25) is 0 Å². The van der Waals surface area contributed by atoms with Crippen LogP contribution in [0.4, 0.5) is 0 Å². The summed E-state index contributed by atoms with van der Waals surface area (Å²) in [6.45, 7) is 0.225. The zero-order valence-electron chi connectivity index (χ0n) is 15.4. The first-order valence-electron chi connectivity index (χ1n) is 8.77. The van der Waals surface area contributed by atoms with Crippen LogP contribution in [0.15, 0.2) is 83.8 Å². The molecular weight excluding hydrogens is 356 g/mol. The van der Waals surface area contributed by atoms with Gasteiger partial charge in [0, 0.05) is 24.4 Å². The lowest BCUT2D eigenvalue weighted by atomic mass is 10.0. The molecule has 0 bridgehead atoms. The number of amides is 1. The molecule has 1 aromatic heterocycles. The van der Waals surface area contributed by atoms with Gasteiger partial charge in [-0.3, -0.25) is 19.0 Å². The van der Waals surface area contributed by atoms with Crippen molar-refractivity contribution in [1.29, 1.82) is 0 Å². The summed E-state index contributed by atoms with van der Waals surface area (Å²) in [5.41, 5.74) is 0.791. The predicted octanol–water partition coefficient (Wildman–Crippen LogP) is 2.60. The fourth-order valence-corrected chi connectivity index (χ4v) is 2.81. The highest BCUT2D eigenvalue weighted by Gasteiger charge is 2.29. The van der Waals surface area contributed by atoms with E-state index in [2.05, 4.69) is 5.32 Å². The Hall–Kier alpha value is -3.67. The van der Waals surface area contributed by atoms with Gasteiger partial charge >= 0.3 is 0 Å². The standard InChI is InChI=1S/C22H20N2O4/c1-28-18-12-10-16(11-13-18)15-23-22(27)20(24-14-6-5-9-19(24)25)21(26)17-7-3-2-4-8-17/h2-14,20H,15H2,1H3,(H,23,27). The second kappa shape index (κ2) is 8.81. The summed E-state index contributed by atoms with van der Waals surface area (Å²) in [5, 5.41) is 2.75. The van der Waals surface area contributed by atoms with Gasteiger partial charge in [-0.1, -0.05) is 48.5 Å². The summed E-state index contributed by atoms with van der Waals surface area (Å²) in [7, 11) is 1.58. The summed E-state index contributed by atoms with van der Waals surface area (Å²) in [5.74, 6) is -0.276. The van der Waals surface area contributed by atoms with Crippen molar-refractivity contribution in [3.63, 3.8) is 0 Å². The highest BCUT2D eigenvalue weighted by molar-refractivity contribution is 6.11. The molecule has 2 aromatic carbocycles. The molecule has 1 heterocycles. The van der Waals surface area contributed by atoms with Crippen molar-refractivity contribution in [3.05, 3.63) is 100 Å². The van der Waals surface area contributed by atoms with Crippen LogP contribution >= 0.6 is 0 Å². The zero-order valence-corrected chi connectivity index (χ0v) is 15.4. The monoisotopic (exact) mass is 376 g/mol. The van der Waals surface area contributed by atoms with Gasteiger partial charge in [-0.15, -0.1) is 0 Å². The Morgan fingerprint density at radius 3 is 2.29 bits per heavy atom. The first kappa shape index (κ1) is 19.1. The van der Waals surface area contributed by atoms with E-state index in [4.69, 9.17) is 4.74 Å². The zero-order chi connectivity index (χ0) is 19.9. The van der Waals surface area contributed by atoms with E-state index in [1.165, 1.54) is 12.3 Å². The van der Waals surface area contributed by atoms with Crippen LogP contribution in [0.1, 0.15) is 22.0 Å². The third kappa shape index (κ3) is 4.35. The number of rotatable bonds is 7. The maximum Gasteiger partial charge on any atom is 0.251 e. The van der Waals surface area contributed by atoms with Crippen molar-refractivity contribution >= 4 is 11.7 Å². The Bertz CT molecular complexity index is 1010. The molecule has 1 atom stereocenters. The molecule has 0 fully saturated rings. The molecule has 1 amide bonds. The number of carbonyl (C=O) groups excluding carboxylic acids is 2. The highest BCUT2D eigenvalue weighted by atomic mass is 16.5. The van der Waals surface area contributed by atoms with Crippen molar-refractivity contribution in [1.82, 2.24) is 9.88 Å². The Labute approximate surface area is 162 Å². The number of carbonyl (C=O) groups is 2. The van der Waals surface area contributed by atoms with Crippen LogP contribution in [0, 0.1) is 0 Å². The van der Waals surface area contributed by atoms with Crippen LogP contribution in [0.3, 0.4) is 0 Å². The van der Waals surface area contributed by atoms with E-state index in [1.807, 2.05) is 12.1 Å². The average molecular weight is 376 g/mol. The van der Waals surface area contributed by atoms with Crippen molar-refractivity contribution in [2.45, 2.75) is 12.6 Å². The third-order valence-electron chi connectivity index (χ3n) is 4.31. The minimum Gasteiger partial charge on any atom is -0.497 e. The number of pyridine rings is 1. The van der Waals surface area contributed by atoms with Crippen LogP contribution in [-0.2, 0) is 11.3 Å². The molecule has 0 aliphatic rings. The van der Waals surface area contributed by atoms with E-state index < -0.39 is 23.3 Å². The van der Waals surface area contributed by atoms with Crippen molar-refractivity contribution < 1.29 is 14.3 Å². The average Bonchev–Trinajstić information content (AvgIpc) is 2.74. The molecule has 3 aromatic rings. The van der Waals surface area contributed by atoms with Gasteiger partial charge in [-0.2, -0.15) is 0 Å². The van der Waals surface area contributed by atoms with Crippen LogP contribution < -0.4 is 15.6 Å². The van der Waals surface area contributed by atoms with Gasteiger partial charge in [0.05, 0.1) is 7.11 Å². The molecular formula is C22H20N2O4. The molecule has 0 radical (unpaired) electrons. The Morgan fingerprint density at radius 2 is 1.64 bits per heavy atom. The number of methoxy groups -OCH3 is 1. The smallest absolute Gasteiger partial charge is 0.251 e. The number of ketones is 1. The van der Waals surface area contributed by atoms with Crippen molar-refractivity contribution in [2.75, 3.05) is 7.11 Å². The summed E-state index contributed by atoms with van der Waals surface area (Å²) < 4.78 is 6.27. The summed E-state index contributed by atoms with van der Waals surface area (Å²) >= 11 is 0. The minimum atomic E-state index is -1.28. The number of Topliss-reactive ketones (excluding diaryl/α,β-unsaturated/α-hetero) is 1. The first-order valence-corrected chi connectivity index (χ1v) is 8.77. The highest BCUT2D eigenvalue weighted by Crippen LogP contribution is 2.15. The number of nitrogens with one attached hydrogen (secondary N) is 1. The lowest BCUT2D eigenvalue weighted by molar-refractivity contribution is -0.123. The summed E-state index contributed by atoms with van der Waals surface area (Å²) in [6.07, 6.45) is 1.45. The molecule has 3 rings (SSSR count). The number of hydrogen-bond donors (Lipinski definition) is 1. The first-order chi connectivity index (χ1) is 13.6. The van der Waals surface area contributed by atoms with E-state index in [0.717, 1.165) is 10.1 Å². The molecule has 1 unspecified atom stereocenters. The van der Waals surface area contributed by atoms with Crippen molar-refractivity contribution in [2.24, 2.45) is 0 Å². The summed E-state index contributed by atoms with van der Waals surface area (Å²) in [6, 6.07) is 18.9. The van der Waals surface area contributed by atoms with Crippen LogP contribution in [0.25, 0.3) is 0 Å². The van der Waals surface area contributed by atoms with Crippen LogP contribution in [0.5, 0.6) is 5.75 Å². The van der Waals surface area contributed by atoms with E-state index >= 15 is 0 Å². The molecule has 0 aliphatic heterocycles. The van der Waals surface area contributed by atoms with Gasteiger partial charge in [-0.05, 0) is 23.8 Å². The normalized spacial score (nSPS) is 11.5. The molecule has 142 valence electrons.